The van der Waals surface area contributed by atoms with E-state index >= 15 is 0 Å². The second-order valence-electron chi connectivity index (χ2n) is 5.16. The Morgan fingerprint density at radius 1 is 1.04 bits per heavy atom. The van der Waals surface area contributed by atoms with Gasteiger partial charge in [-0.3, -0.25) is 9.59 Å². The number of aryl methyl sites for hydroxylation is 2. The number of nitrogens with one attached hydrogen (secondary N) is 1. The van der Waals surface area contributed by atoms with E-state index in [1.54, 1.807) is 6.07 Å². The summed E-state index contributed by atoms with van der Waals surface area (Å²) in [4.78, 5) is 34.2. The van der Waals surface area contributed by atoms with Crippen LogP contribution in [0.4, 0.5) is 5.69 Å². The number of carbonyl (C=O) groups is 3. The van der Waals surface area contributed by atoms with Crippen LogP contribution in [-0.4, -0.2) is 24.8 Å². The van der Waals surface area contributed by atoms with Crippen LogP contribution >= 0.6 is 0 Å². The van der Waals surface area contributed by atoms with Gasteiger partial charge in [-0.05, 0) is 49.2 Å². The number of benzene rings is 2. The Morgan fingerprint density at radius 2 is 1.74 bits per heavy atom. The molecule has 23 heavy (non-hydrogen) atoms. The minimum atomic E-state index is -0.613. The molecule has 5 heteroatoms. The van der Waals surface area contributed by atoms with Crippen molar-refractivity contribution in [1.29, 1.82) is 0 Å². The quantitative estimate of drug-likeness (QED) is 0.680. The number of carbonyl (C=O) groups excluding carboxylic acids is 3. The first-order valence-corrected chi connectivity index (χ1v) is 7.09. The van der Waals surface area contributed by atoms with Crippen molar-refractivity contribution in [1.82, 2.24) is 0 Å². The Bertz CT molecular complexity index is 735. The van der Waals surface area contributed by atoms with E-state index in [2.05, 4.69) is 5.32 Å². The van der Waals surface area contributed by atoms with Crippen LogP contribution in [0, 0.1) is 13.8 Å². The van der Waals surface area contributed by atoms with Gasteiger partial charge in [0.15, 0.2) is 6.61 Å². The molecule has 0 spiro atoms. The van der Waals surface area contributed by atoms with Crippen molar-refractivity contribution in [2.75, 3.05) is 11.9 Å². The van der Waals surface area contributed by atoms with E-state index in [0.29, 0.717) is 17.5 Å². The zero-order valence-electron chi connectivity index (χ0n) is 13.0. The van der Waals surface area contributed by atoms with Gasteiger partial charge in [0.2, 0.25) is 0 Å². The normalized spacial score (nSPS) is 10.0. The Labute approximate surface area is 134 Å². The molecule has 118 valence electrons. The lowest BCUT2D eigenvalue weighted by molar-refractivity contribution is -0.119. The van der Waals surface area contributed by atoms with Crippen LogP contribution in [-0.2, 0) is 9.53 Å². The number of esters is 1. The minimum Gasteiger partial charge on any atom is -0.452 e. The third-order valence-corrected chi connectivity index (χ3v) is 3.41. The molecule has 0 aromatic heterocycles. The van der Waals surface area contributed by atoms with Crippen LogP contribution in [0.15, 0.2) is 42.5 Å². The zero-order valence-corrected chi connectivity index (χ0v) is 13.0. The lowest BCUT2D eigenvalue weighted by atomic mass is 10.1. The molecule has 1 amide bonds. The molecule has 0 bridgehead atoms. The first-order chi connectivity index (χ1) is 11.0. The minimum absolute atomic E-state index is 0.287. The van der Waals surface area contributed by atoms with Gasteiger partial charge in [-0.15, -0.1) is 0 Å². The molecule has 0 aliphatic carbocycles. The highest BCUT2D eigenvalue weighted by atomic mass is 16.5. The summed E-state index contributed by atoms with van der Waals surface area (Å²) in [6.45, 7) is 3.56. The van der Waals surface area contributed by atoms with Crippen molar-refractivity contribution < 1.29 is 19.1 Å². The highest BCUT2D eigenvalue weighted by Crippen LogP contribution is 2.14. The molecule has 0 radical (unpaired) electrons. The average Bonchev–Trinajstić information content (AvgIpc) is 2.56. The molecule has 0 aliphatic rings. The standard InChI is InChI=1S/C18H17NO4/c1-12-3-8-16(9-13(12)2)19-17(21)11-23-18(22)15-6-4-14(10-20)5-7-15/h3-10H,11H2,1-2H3,(H,19,21). The van der Waals surface area contributed by atoms with Crippen molar-refractivity contribution >= 4 is 23.9 Å². The number of hydrogen-bond donors (Lipinski definition) is 1. The maximum Gasteiger partial charge on any atom is 0.338 e. The highest BCUT2D eigenvalue weighted by molar-refractivity contribution is 5.95. The van der Waals surface area contributed by atoms with E-state index in [1.165, 1.54) is 24.3 Å². The van der Waals surface area contributed by atoms with E-state index in [9.17, 15) is 14.4 Å². The lowest BCUT2D eigenvalue weighted by Crippen LogP contribution is -2.21. The summed E-state index contributed by atoms with van der Waals surface area (Å²) in [5.74, 6) is -1.02. The third-order valence-electron chi connectivity index (χ3n) is 3.41. The monoisotopic (exact) mass is 311 g/mol. The molecule has 1 N–H and O–H groups in total. The van der Waals surface area contributed by atoms with Gasteiger partial charge in [-0.25, -0.2) is 4.79 Å². The Balaban J connectivity index is 1.88. The molecule has 2 rings (SSSR count). The number of anilines is 1. The summed E-state index contributed by atoms with van der Waals surface area (Å²) in [6.07, 6.45) is 0.687. The molecule has 0 aliphatic heterocycles. The molecule has 2 aromatic rings. The summed E-state index contributed by atoms with van der Waals surface area (Å²) in [5.41, 5.74) is 3.61. The first-order valence-electron chi connectivity index (χ1n) is 7.09. The van der Waals surface area contributed by atoms with Gasteiger partial charge in [0.1, 0.15) is 6.29 Å². The summed E-state index contributed by atoms with van der Waals surface area (Å²) in [6, 6.07) is 11.5. The first kappa shape index (κ1) is 16.4. The predicted molar refractivity (Wildman–Crippen MR) is 86.7 cm³/mol. The van der Waals surface area contributed by atoms with E-state index in [1.807, 2.05) is 26.0 Å². The number of amides is 1. The number of ether oxygens (including phenoxy) is 1. The summed E-state index contributed by atoms with van der Waals surface area (Å²) < 4.78 is 4.95. The molecule has 0 unspecified atom stereocenters. The molecule has 0 fully saturated rings. The summed E-state index contributed by atoms with van der Waals surface area (Å²) in [7, 11) is 0. The van der Waals surface area contributed by atoms with Crippen LogP contribution in [0.25, 0.3) is 0 Å². The van der Waals surface area contributed by atoms with Crippen LogP contribution in [0.1, 0.15) is 31.8 Å². The van der Waals surface area contributed by atoms with Gasteiger partial charge in [-0.1, -0.05) is 18.2 Å². The smallest absolute Gasteiger partial charge is 0.338 e. The van der Waals surface area contributed by atoms with E-state index in [4.69, 9.17) is 4.74 Å². The van der Waals surface area contributed by atoms with Crippen molar-refractivity contribution in [2.45, 2.75) is 13.8 Å². The largest absolute Gasteiger partial charge is 0.452 e. The van der Waals surface area contributed by atoms with Crippen LogP contribution in [0.2, 0.25) is 0 Å². The molecule has 0 saturated heterocycles. The fourth-order valence-corrected chi connectivity index (χ4v) is 1.93. The molecular weight excluding hydrogens is 294 g/mol. The van der Waals surface area contributed by atoms with E-state index in [-0.39, 0.29) is 12.2 Å². The molecular formula is C18H17NO4. The van der Waals surface area contributed by atoms with Crippen LogP contribution in [0.3, 0.4) is 0 Å². The van der Waals surface area contributed by atoms with Gasteiger partial charge in [0.05, 0.1) is 5.56 Å². The molecule has 5 nitrogen and oxygen atoms in total. The molecule has 0 saturated carbocycles. The Hall–Kier alpha value is -2.95. The molecule has 0 heterocycles. The SMILES string of the molecule is Cc1ccc(NC(=O)COC(=O)c2ccc(C=O)cc2)cc1C. The predicted octanol–water partition coefficient (Wildman–Crippen LogP) is 2.91. The van der Waals surface area contributed by atoms with E-state index in [0.717, 1.165) is 11.1 Å². The number of aldehydes is 1. The van der Waals surface area contributed by atoms with E-state index < -0.39 is 11.9 Å². The average molecular weight is 311 g/mol. The summed E-state index contributed by atoms with van der Waals surface area (Å²) in [5, 5.41) is 2.67. The van der Waals surface area contributed by atoms with Crippen molar-refractivity contribution in [3.8, 4) is 0 Å². The fourth-order valence-electron chi connectivity index (χ4n) is 1.93. The Kier molecular flexibility index (Phi) is 5.25. The van der Waals surface area contributed by atoms with Gasteiger partial charge >= 0.3 is 5.97 Å². The van der Waals surface area contributed by atoms with Crippen molar-refractivity contribution in [2.24, 2.45) is 0 Å². The van der Waals surface area contributed by atoms with Gasteiger partial charge in [0, 0.05) is 11.3 Å². The Morgan fingerprint density at radius 3 is 2.35 bits per heavy atom. The van der Waals surface area contributed by atoms with Crippen LogP contribution in [0.5, 0.6) is 0 Å². The zero-order chi connectivity index (χ0) is 16.8. The van der Waals surface area contributed by atoms with Gasteiger partial charge < -0.3 is 10.1 Å². The lowest BCUT2D eigenvalue weighted by Gasteiger charge is -2.08. The van der Waals surface area contributed by atoms with Gasteiger partial charge in [0.25, 0.3) is 5.91 Å². The second-order valence-corrected chi connectivity index (χ2v) is 5.16. The topological polar surface area (TPSA) is 72.5 Å². The summed E-state index contributed by atoms with van der Waals surface area (Å²) >= 11 is 0. The van der Waals surface area contributed by atoms with Crippen molar-refractivity contribution in [3.05, 3.63) is 64.7 Å². The number of rotatable bonds is 5. The second kappa shape index (κ2) is 7.35. The maximum atomic E-state index is 11.8. The molecule has 2 aromatic carbocycles. The third kappa shape index (κ3) is 4.51. The van der Waals surface area contributed by atoms with Crippen molar-refractivity contribution in [3.63, 3.8) is 0 Å². The molecule has 0 atom stereocenters. The fraction of sp³-hybridized carbons (Fsp3) is 0.167. The van der Waals surface area contributed by atoms with Gasteiger partial charge in [-0.2, -0.15) is 0 Å². The number of hydrogen-bond acceptors (Lipinski definition) is 4. The maximum absolute atomic E-state index is 11.8. The highest BCUT2D eigenvalue weighted by Gasteiger charge is 2.10. The van der Waals surface area contributed by atoms with Crippen LogP contribution < -0.4 is 5.32 Å².